The smallest absolute Gasteiger partial charge is 0.198 e. The lowest BCUT2D eigenvalue weighted by atomic mass is 10.0. The molecule has 0 amide bonds. The molecule has 4 heteroatoms. The van der Waals surface area contributed by atoms with E-state index in [4.69, 9.17) is 0 Å². The zero-order valence-corrected chi connectivity index (χ0v) is 14.8. The van der Waals surface area contributed by atoms with Crippen molar-refractivity contribution >= 4 is 22.8 Å². The highest BCUT2D eigenvalue weighted by molar-refractivity contribution is 6.03. The van der Waals surface area contributed by atoms with Crippen molar-refractivity contribution < 1.29 is 10.2 Å². The van der Waals surface area contributed by atoms with Crippen LogP contribution < -0.4 is 0 Å². The summed E-state index contributed by atoms with van der Waals surface area (Å²) in [5.41, 5.74) is 5.49. The van der Waals surface area contributed by atoms with E-state index in [1.807, 2.05) is 60.7 Å². The molecule has 0 spiro atoms. The van der Waals surface area contributed by atoms with Gasteiger partial charge in [0.15, 0.2) is 5.88 Å². The molecule has 27 heavy (non-hydrogen) atoms. The number of fused-ring (bicyclic) bond motifs is 1. The van der Waals surface area contributed by atoms with Crippen molar-refractivity contribution in [3.8, 4) is 17.0 Å². The van der Waals surface area contributed by atoms with Gasteiger partial charge in [-0.3, -0.25) is 4.99 Å². The Morgan fingerprint density at radius 1 is 0.889 bits per heavy atom. The van der Waals surface area contributed by atoms with E-state index in [1.54, 1.807) is 6.21 Å². The quantitative estimate of drug-likeness (QED) is 0.449. The minimum Gasteiger partial charge on any atom is -0.494 e. The highest BCUT2D eigenvalue weighted by Crippen LogP contribution is 2.30. The molecule has 0 fully saturated rings. The van der Waals surface area contributed by atoms with Gasteiger partial charge in [0.1, 0.15) is 0 Å². The Balaban J connectivity index is 1.72. The molecular weight excluding hydrogens is 336 g/mol. The maximum absolute atomic E-state index is 10.4. The van der Waals surface area contributed by atoms with Crippen LogP contribution in [0.3, 0.4) is 0 Å². The van der Waals surface area contributed by atoms with Crippen molar-refractivity contribution in [2.24, 2.45) is 4.99 Å². The van der Waals surface area contributed by atoms with E-state index in [0.717, 1.165) is 33.3 Å². The molecule has 0 bridgehead atoms. The van der Waals surface area contributed by atoms with Gasteiger partial charge in [-0.15, -0.1) is 0 Å². The summed E-state index contributed by atoms with van der Waals surface area (Å²) in [5.74, 6) is 0.0959. The number of nitrogens with one attached hydrogen (secondary N) is 1. The number of aliphatic imine (C=N–C) groups is 1. The second-order valence-electron chi connectivity index (χ2n) is 6.37. The molecule has 0 aliphatic rings. The van der Waals surface area contributed by atoms with Gasteiger partial charge >= 0.3 is 0 Å². The summed E-state index contributed by atoms with van der Waals surface area (Å²) >= 11 is 0. The average molecular weight is 356 g/mol. The highest BCUT2D eigenvalue weighted by Gasteiger charge is 2.10. The van der Waals surface area contributed by atoms with E-state index in [-0.39, 0.29) is 12.5 Å². The molecule has 1 aromatic heterocycles. The molecular formula is C23H20N2O2. The lowest BCUT2D eigenvalue weighted by molar-refractivity contribution is 0.300. The van der Waals surface area contributed by atoms with E-state index in [1.165, 1.54) is 0 Å². The first-order chi connectivity index (χ1) is 13.3. The fourth-order valence-electron chi connectivity index (χ4n) is 3.25. The number of aliphatic hydroxyl groups excluding tert-OH is 1. The van der Waals surface area contributed by atoms with Crippen LogP contribution in [0.1, 0.15) is 11.1 Å². The molecule has 0 unspecified atom stereocenters. The minimum atomic E-state index is 0.0765. The predicted octanol–water partition coefficient (Wildman–Crippen LogP) is 4.83. The van der Waals surface area contributed by atoms with Crippen LogP contribution in [0.2, 0.25) is 0 Å². The fourth-order valence-corrected chi connectivity index (χ4v) is 3.25. The summed E-state index contributed by atoms with van der Waals surface area (Å²) in [6, 6.07) is 23.9. The maximum atomic E-state index is 10.4. The van der Waals surface area contributed by atoms with Crippen molar-refractivity contribution in [1.82, 2.24) is 4.98 Å². The van der Waals surface area contributed by atoms with Crippen LogP contribution in [0.4, 0.5) is 5.69 Å². The molecule has 3 aromatic carbocycles. The van der Waals surface area contributed by atoms with Crippen molar-refractivity contribution in [2.45, 2.75) is 6.42 Å². The molecule has 0 saturated heterocycles. The molecule has 1 heterocycles. The largest absolute Gasteiger partial charge is 0.494 e. The SMILES string of the molecule is OCCc1ccccc1N=Cc1c(O)[nH]c2cc(-c3ccccc3)ccc12. The fraction of sp³-hybridized carbons (Fsp3) is 0.0870. The number of aromatic hydroxyl groups is 1. The summed E-state index contributed by atoms with van der Waals surface area (Å²) in [7, 11) is 0. The molecule has 0 saturated carbocycles. The Morgan fingerprint density at radius 3 is 2.48 bits per heavy atom. The molecule has 0 radical (unpaired) electrons. The number of H-pyrrole nitrogens is 1. The summed E-state index contributed by atoms with van der Waals surface area (Å²) in [6.07, 6.45) is 2.22. The zero-order valence-electron chi connectivity index (χ0n) is 14.8. The lowest BCUT2D eigenvalue weighted by Gasteiger charge is -2.03. The average Bonchev–Trinajstić information content (AvgIpc) is 3.02. The number of aliphatic hydroxyl groups is 1. The van der Waals surface area contributed by atoms with Crippen molar-refractivity contribution in [3.05, 3.63) is 83.9 Å². The summed E-state index contributed by atoms with van der Waals surface area (Å²) in [6.45, 7) is 0.0765. The minimum absolute atomic E-state index is 0.0765. The van der Waals surface area contributed by atoms with Gasteiger partial charge in [-0.05, 0) is 35.2 Å². The summed E-state index contributed by atoms with van der Waals surface area (Å²) < 4.78 is 0. The normalized spacial score (nSPS) is 11.4. The second kappa shape index (κ2) is 7.48. The van der Waals surface area contributed by atoms with Gasteiger partial charge in [0.2, 0.25) is 0 Å². The Bertz CT molecular complexity index is 1100. The van der Waals surface area contributed by atoms with Crippen LogP contribution >= 0.6 is 0 Å². The van der Waals surface area contributed by atoms with Gasteiger partial charge < -0.3 is 15.2 Å². The molecule has 0 aliphatic heterocycles. The third-order valence-electron chi connectivity index (χ3n) is 4.63. The monoisotopic (exact) mass is 356 g/mol. The molecule has 134 valence electrons. The predicted molar refractivity (Wildman–Crippen MR) is 110 cm³/mol. The van der Waals surface area contributed by atoms with Crippen LogP contribution in [0, 0.1) is 0 Å². The van der Waals surface area contributed by atoms with Gasteiger partial charge in [0.05, 0.1) is 11.3 Å². The summed E-state index contributed by atoms with van der Waals surface area (Å²) in [5, 5.41) is 20.5. The van der Waals surface area contributed by atoms with E-state index in [0.29, 0.717) is 12.0 Å². The van der Waals surface area contributed by atoms with Crippen LogP contribution in [0.25, 0.3) is 22.0 Å². The standard InChI is InChI=1S/C23H20N2O2/c26-13-12-17-8-4-5-9-21(17)24-15-20-19-11-10-18(14-22(19)25-23(20)27)16-6-2-1-3-7-16/h1-11,14-15,25-27H,12-13H2. The number of nitrogens with zero attached hydrogens (tertiary/aromatic N) is 1. The van der Waals surface area contributed by atoms with E-state index < -0.39 is 0 Å². The van der Waals surface area contributed by atoms with Gasteiger partial charge in [0, 0.05) is 23.7 Å². The third-order valence-corrected chi connectivity index (χ3v) is 4.63. The topological polar surface area (TPSA) is 68.6 Å². The van der Waals surface area contributed by atoms with Gasteiger partial charge in [-0.25, -0.2) is 0 Å². The Kier molecular flexibility index (Phi) is 4.73. The van der Waals surface area contributed by atoms with E-state index in [2.05, 4.69) is 22.1 Å². The van der Waals surface area contributed by atoms with E-state index in [9.17, 15) is 10.2 Å². The Labute approximate surface area is 157 Å². The lowest BCUT2D eigenvalue weighted by Crippen LogP contribution is -1.91. The second-order valence-corrected chi connectivity index (χ2v) is 6.37. The van der Waals surface area contributed by atoms with Crippen molar-refractivity contribution in [1.29, 1.82) is 0 Å². The van der Waals surface area contributed by atoms with Crippen molar-refractivity contribution in [3.63, 3.8) is 0 Å². The number of rotatable bonds is 5. The molecule has 0 aliphatic carbocycles. The number of hydrogen-bond donors (Lipinski definition) is 3. The van der Waals surface area contributed by atoms with Crippen LogP contribution in [-0.2, 0) is 6.42 Å². The highest BCUT2D eigenvalue weighted by atomic mass is 16.3. The number of aromatic nitrogens is 1. The first-order valence-electron chi connectivity index (χ1n) is 8.89. The van der Waals surface area contributed by atoms with Crippen LogP contribution in [0.5, 0.6) is 5.88 Å². The number of aromatic amines is 1. The number of benzene rings is 3. The Morgan fingerprint density at radius 2 is 1.67 bits per heavy atom. The van der Waals surface area contributed by atoms with Crippen molar-refractivity contribution in [2.75, 3.05) is 6.61 Å². The molecule has 4 rings (SSSR count). The molecule has 0 atom stereocenters. The summed E-state index contributed by atoms with van der Waals surface area (Å²) in [4.78, 5) is 7.58. The van der Waals surface area contributed by atoms with E-state index >= 15 is 0 Å². The number of hydrogen-bond acceptors (Lipinski definition) is 3. The van der Waals surface area contributed by atoms with Crippen LogP contribution in [0.15, 0.2) is 77.8 Å². The van der Waals surface area contributed by atoms with Gasteiger partial charge in [-0.2, -0.15) is 0 Å². The van der Waals surface area contributed by atoms with Gasteiger partial charge in [-0.1, -0.05) is 60.7 Å². The molecule has 3 N–H and O–H groups in total. The maximum Gasteiger partial charge on any atom is 0.198 e. The first kappa shape index (κ1) is 17.1. The molecule has 4 nitrogen and oxygen atoms in total. The Hall–Kier alpha value is -3.37. The third kappa shape index (κ3) is 3.48. The number of para-hydroxylation sites is 1. The zero-order chi connectivity index (χ0) is 18.6. The van der Waals surface area contributed by atoms with Crippen LogP contribution in [-0.4, -0.2) is 28.0 Å². The molecule has 4 aromatic rings. The first-order valence-corrected chi connectivity index (χ1v) is 8.89. The van der Waals surface area contributed by atoms with Gasteiger partial charge in [0.25, 0.3) is 0 Å².